The number of aromatic carboxylic acids is 1. The van der Waals surface area contributed by atoms with Crippen molar-refractivity contribution in [3.8, 4) is 0 Å². The predicted octanol–water partition coefficient (Wildman–Crippen LogP) is -0.969. The molecule has 1 aromatic rings. The van der Waals surface area contributed by atoms with E-state index in [0.29, 0.717) is 11.4 Å². The summed E-state index contributed by atoms with van der Waals surface area (Å²) in [5.41, 5.74) is 1.03. The lowest BCUT2D eigenvalue weighted by Crippen LogP contribution is -3.08. The minimum Gasteiger partial charge on any atom is -0.545 e. The van der Waals surface area contributed by atoms with E-state index in [4.69, 9.17) is 0 Å². The van der Waals surface area contributed by atoms with Crippen LogP contribution in [0.15, 0.2) is 0 Å². The molecule has 1 atom stereocenters. The molecule has 2 rings (SSSR count). The quantitative estimate of drug-likeness (QED) is 0.741. The monoisotopic (exact) mass is 268 g/mol. The van der Waals surface area contributed by atoms with E-state index in [2.05, 4.69) is 12.4 Å². The highest BCUT2D eigenvalue weighted by Gasteiger charge is 2.26. The molecule has 2 N–H and O–H groups in total. The Morgan fingerprint density at radius 1 is 1.50 bits per heavy atom. The largest absolute Gasteiger partial charge is 0.545 e. The molecule has 2 heterocycles. The van der Waals surface area contributed by atoms with Crippen molar-refractivity contribution < 1.29 is 19.6 Å². The molecule has 0 saturated carbocycles. The lowest BCUT2D eigenvalue weighted by atomic mass is 10.0. The second-order valence-corrected chi connectivity index (χ2v) is 5.64. The highest BCUT2D eigenvalue weighted by atomic mass is 32.1. The summed E-state index contributed by atoms with van der Waals surface area (Å²) in [7, 11) is 2.08. The molecule has 0 radical (unpaired) electrons. The number of quaternary nitrogens is 1. The van der Waals surface area contributed by atoms with Gasteiger partial charge in [-0.25, -0.2) is 0 Å². The van der Waals surface area contributed by atoms with Crippen molar-refractivity contribution in [3.05, 3.63) is 16.0 Å². The maximum atomic E-state index is 11.4. The zero-order valence-electron chi connectivity index (χ0n) is 10.5. The summed E-state index contributed by atoms with van der Waals surface area (Å²) in [4.78, 5) is 25.0. The number of rotatable bonds is 3. The SMILES string of the molecule is CCC(=O)Nc1sc2c(c1C(=O)[O-])CC[NH+](C)C2. The van der Waals surface area contributed by atoms with Gasteiger partial charge in [-0.15, -0.1) is 11.3 Å². The molecule has 1 unspecified atom stereocenters. The maximum absolute atomic E-state index is 11.4. The summed E-state index contributed by atoms with van der Waals surface area (Å²) < 4.78 is 0. The van der Waals surface area contributed by atoms with Crippen molar-refractivity contribution >= 4 is 28.2 Å². The van der Waals surface area contributed by atoms with Gasteiger partial charge in [-0.1, -0.05) is 6.92 Å². The summed E-state index contributed by atoms with van der Waals surface area (Å²) in [6.07, 6.45) is 1.06. The van der Waals surface area contributed by atoms with E-state index in [0.717, 1.165) is 30.0 Å². The maximum Gasteiger partial charge on any atom is 0.224 e. The first-order valence-electron chi connectivity index (χ1n) is 6.00. The van der Waals surface area contributed by atoms with Gasteiger partial charge in [0.05, 0.1) is 24.4 Å². The van der Waals surface area contributed by atoms with Crippen LogP contribution < -0.4 is 15.3 Å². The molecule has 1 aromatic heterocycles. The fourth-order valence-electron chi connectivity index (χ4n) is 2.14. The van der Waals surface area contributed by atoms with Gasteiger partial charge in [-0.2, -0.15) is 0 Å². The van der Waals surface area contributed by atoms with E-state index in [-0.39, 0.29) is 11.5 Å². The average molecular weight is 268 g/mol. The molecule has 0 spiro atoms. The molecule has 0 fully saturated rings. The van der Waals surface area contributed by atoms with Crippen LogP contribution in [0, 0.1) is 0 Å². The molecule has 98 valence electrons. The van der Waals surface area contributed by atoms with E-state index in [1.54, 1.807) is 6.92 Å². The van der Waals surface area contributed by atoms with Crippen LogP contribution in [0.4, 0.5) is 5.00 Å². The van der Waals surface area contributed by atoms with Gasteiger partial charge in [-0.05, 0) is 5.56 Å². The first-order chi connectivity index (χ1) is 8.52. The third kappa shape index (κ3) is 2.39. The Hall–Kier alpha value is -1.40. The third-order valence-electron chi connectivity index (χ3n) is 3.13. The highest BCUT2D eigenvalue weighted by molar-refractivity contribution is 7.16. The van der Waals surface area contributed by atoms with E-state index in [9.17, 15) is 14.7 Å². The molecular weight excluding hydrogens is 252 g/mol. The van der Waals surface area contributed by atoms with Crippen LogP contribution in [0.3, 0.4) is 0 Å². The van der Waals surface area contributed by atoms with E-state index in [1.807, 2.05) is 0 Å². The van der Waals surface area contributed by atoms with Gasteiger partial charge in [0, 0.05) is 18.4 Å². The fourth-order valence-corrected chi connectivity index (χ4v) is 3.51. The Morgan fingerprint density at radius 3 is 2.83 bits per heavy atom. The topological polar surface area (TPSA) is 73.7 Å². The molecule has 0 bridgehead atoms. The Labute approximate surface area is 109 Å². The summed E-state index contributed by atoms with van der Waals surface area (Å²) in [5.74, 6) is -1.37. The number of carbonyl (C=O) groups is 2. The smallest absolute Gasteiger partial charge is 0.224 e. The van der Waals surface area contributed by atoms with Crippen molar-refractivity contribution in [1.82, 2.24) is 0 Å². The van der Waals surface area contributed by atoms with Gasteiger partial charge in [0.1, 0.15) is 11.5 Å². The first-order valence-corrected chi connectivity index (χ1v) is 6.81. The van der Waals surface area contributed by atoms with Gasteiger partial charge in [-0.3, -0.25) is 4.79 Å². The number of carboxylic acid groups (broad SMARTS) is 1. The molecular formula is C12H16N2O3S. The standard InChI is InChI=1S/C12H16N2O3S/c1-3-9(15)13-11-10(12(16)17)7-4-5-14(2)6-8(7)18-11/h3-6H2,1-2H3,(H,13,15)(H,16,17). The molecule has 5 nitrogen and oxygen atoms in total. The summed E-state index contributed by atoms with van der Waals surface area (Å²) in [5, 5.41) is 14.3. The van der Waals surface area contributed by atoms with Crippen LogP contribution in [0.2, 0.25) is 0 Å². The predicted molar refractivity (Wildman–Crippen MR) is 66.7 cm³/mol. The number of anilines is 1. The van der Waals surface area contributed by atoms with Crippen molar-refractivity contribution in [3.63, 3.8) is 0 Å². The number of fused-ring (bicyclic) bond motifs is 1. The van der Waals surface area contributed by atoms with Crippen LogP contribution in [-0.2, 0) is 17.8 Å². The van der Waals surface area contributed by atoms with Gasteiger partial charge >= 0.3 is 0 Å². The lowest BCUT2D eigenvalue weighted by molar-refractivity contribution is -0.895. The molecule has 0 aliphatic carbocycles. The van der Waals surface area contributed by atoms with Crippen molar-refractivity contribution in [2.75, 3.05) is 18.9 Å². The van der Waals surface area contributed by atoms with Crippen molar-refractivity contribution in [2.24, 2.45) is 0 Å². The Morgan fingerprint density at radius 2 is 2.22 bits per heavy atom. The van der Waals surface area contributed by atoms with Gasteiger partial charge in [0.2, 0.25) is 5.91 Å². The molecule has 6 heteroatoms. The van der Waals surface area contributed by atoms with Crippen LogP contribution in [0.25, 0.3) is 0 Å². The minimum absolute atomic E-state index is 0.170. The molecule has 0 saturated heterocycles. The van der Waals surface area contributed by atoms with Gasteiger partial charge < -0.3 is 20.1 Å². The van der Waals surface area contributed by atoms with Crippen LogP contribution >= 0.6 is 11.3 Å². The molecule has 18 heavy (non-hydrogen) atoms. The number of thiophene rings is 1. The number of likely N-dealkylation sites (N-methyl/N-ethyl adjacent to an activating group) is 1. The number of nitrogens with one attached hydrogen (secondary N) is 2. The van der Waals surface area contributed by atoms with E-state index >= 15 is 0 Å². The van der Waals surface area contributed by atoms with Crippen LogP contribution in [0.5, 0.6) is 0 Å². The third-order valence-corrected chi connectivity index (χ3v) is 4.28. The van der Waals surface area contributed by atoms with Crippen molar-refractivity contribution in [2.45, 2.75) is 26.3 Å². The van der Waals surface area contributed by atoms with Gasteiger partial charge in [0.15, 0.2) is 0 Å². The van der Waals surface area contributed by atoms with Crippen molar-refractivity contribution in [1.29, 1.82) is 0 Å². The molecule has 0 aromatic carbocycles. The van der Waals surface area contributed by atoms with E-state index in [1.165, 1.54) is 16.2 Å². The molecule has 1 aliphatic rings. The second kappa shape index (κ2) is 5.07. The zero-order chi connectivity index (χ0) is 13.3. The lowest BCUT2D eigenvalue weighted by Gasteiger charge is -2.20. The number of hydrogen-bond acceptors (Lipinski definition) is 4. The summed E-state index contributed by atoms with van der Waals surface area (Å²) in [6, 6.07) is 0. The normalized spacial score (nSPS) is 18.2. The molecule has 1 aliphatic heterocycles. The average Bonchev–Trinajstić information content (AvgIpc) is 2.65. The first kappa shape index (κ1) is 13.0. The molecule has 1 amide bonds. The number of carbonyl (C=O) groups excluding carboxylic acids is 2. The summed E-state index contributed by atoms with van der Waals surface area (Å²) in [6.45, 7) is 3.45. The summed E-state index contributed by atoms with van der Waals surface area (Å²) >= 11 is 1.36. The number of amides is 1. The highest BCUT2D eigenvalue weighted by Crippen LogP contribution is 2.34. The van der Waals surface area contributed by atoms with Gasteiger partial charge in [0.25, 0.3) is 0 Å². The zero-order valence-corrected chi connectivity index (χ0v) is 11.3. The second-order valence-electron chi connectivity index (χ2n) is 4.53. The van der Waals surface area contributed by atoms with Crippen LogP contribution in [-0.4, -0.2) is 25.5 Å². The van der Waals surface area contributed by atoms with E-state index < -0.39 is 5.97 Å². The minimum atomic E-state index is -1.20. The Kier molecular flexibility index (Phi) is 3.68. The number of hydrogen-bond donors (Lipinski definition) is 2. The van der Waals surface area contributed by atoms with Crippen LogP contribution in [0.1, 0.15) is 34.1 Å². The Balaban J connectivity index is 2.40. The Bertz CT molecular complexity index is 496. The fraction of sp³-hybridized carbons (Fsp3) is 0.500. The number of carboxylic acids is 1.